The van der Waals surface area contributed by atoms with Crippen LogP contribution in [0, 0.1) is 0 Å². The minimum atomic E-state index is 0.294. The second-order valence-corrected chi connectivity index (χ2v) is 8.36. The van der Waals surface area contributed by atoms with Crippen LogP contribution in [-0.4, -0.2) is 19.9 Å². The summed E-state index contributed by atoms with van der Waals surface area (Å²) in [5.41, 5.74) is 8.99. The number of hydrogen-bond acceptors (Lipinski definition) is 8. The van der Waals surface area contributed by atoms with Gasteiger partial charge in [0.25, 0.3) is 11.8 Å². The van der Waals surface area contributed by atoms with Gasteiger partial charge in [0.1, 0.15) is 22.1 Å². The van der Waals surface area contributed by atoms with Gasteiger partial charge in [-0.1, -0.05) is 48.5 Å². The van der Waals surface area contributed by atoms with E-state index < -0.39 is 0 Å². The van der Waals surface area contributed by atoms with Gasteiger partial charge in [0.2, 0.25) is 0 Å². The highest BCUT2D eigenvalue weighted by Crippen LogP contribution is 2.38. The fraction of sp³-hybridized carbons (Fsp3) is 0. The molecule has 8 rings (SSSR count). The minimum absolute atomic E-state index is 0.294. The van der Waals surface area contributed by atoms with Gasteiger partial charge in [-0.3, -0.25) is 0 Å². The third-order valence-electron chi connectivity index (χ3n) is 6.31. The number of oxazole rings is 4. The minimum Gasteiger partial charge on any atom is -0.443 e. The van der Waals surface area contributed by atoms with Gasteiger partial charge in [0, 0.05) is 22.3 Å². The zero-order valence-corrected chi connectivity index (χ0v) is 18.5. The number of nitrogens with zero attached hydrogens (tertiary/aromatic N) is 4. The van der Waals surface area contributed by atoms with Crippen LogP contribution in [0.4, 0.5) is 0 Å². The quantitative estimate of drug-likeness (QED) is 0.266. The first kappa shape index (κ1) is 19.1. The lowest BCUT2D eigenvalue weighted by atomic mass is 10.0. The zero-order valence-electron chi connectivity index (χ0n) is 18.5. The molecule has 8 heteroatoms. The van der Waals surface area contributed by atoms with Gasteiger partial charge in [0.05, 0.1) is 0 Å². The van der Waals surface area contributed by atoms with Gasteiger partial charge in [-0.05, 0) is 24.3 Å². The topological polar surface area (TPSA) is 104 Å². The molecule has 0 amide bonds. The Morgan fingerprint density at radius 3 is 1.25 bits per heavy atom. The SMILES string of the molecule is c1cc(-c2cccc3nc(-c4nc5cccc(-c6cccc7ncoc67)c5o4)oc23)c2ocnc2c1. The molecule has 8 aromatic rings. The van der Waals surface area contributed by atoms with Crippen molar-refractivity contribution in [3.63, 3.8) is 0 Å². The predicted molar refractivity (Wildman–Crippen MR) is 133 cm³/mol. The molecule has 0 unspecified atom stereocenters. The Labute approximate surface area is 201 Å². The normalized spacial score (nSPS) is 11.9. The summed E-state index contributed by atoms with van der Waals surface area (Å²) in [6, 6.07) is 23.2. The molecule has 0 atom stereocenters. The monoisotopic (exact) mass is 470 g/mol. The lowest BCUT2D eigenvalue weighted by molar-refractivity contribution is 0.550. The Morgan fingerprint density at radius 2 is 0.806 bits per heavy atom. The molecule has 0 spiro atoms. The van der Waals surface area contributed by atoms with Crippen LogP contribution in [0.15, 0.2) is 103 Å². The lowest BCUT2D eigenvalue weighted by Crippen LogP contribution is -1.80. The predicted octanol–water partition coefficient (Wildman–Crippen LogP) is 7.25. The third kappa shape index (κ3) is 2.69. The summed E-state index contributed by atoms with van der Waals surface area (Å²) in [4.78, 5) is 17.9. The van der Waals surface area contributed by atoms with Crippen molar-refractivity contribution in [2.45, 2.75) is 0 Å². The number of benzene rings is 4. The molecule has 0 aliphatic heterocycles. The molecule has 4 heterocycles. The van der Waals surface area contributed by atoms with Crippen molar-refractivity contribution in [2.75, 3.05) is 0 Å². The number of fused-ring (bicyclic) bond motifs is 4. The van der Waals surface area contributed by atoms with E-state index in [1.807, 2.05) is 72.8 Å². The number of rotatable bonds is 3. The highest BCUT2D eigenvalue weighted by atomic mass is 16.4. The van der Waals surface area contributed by atoms with Gasteiger partial charge in [0.15, 0.2) is 35.1 Å². The molecule has 0 fully saturated rings. The van der Waals surface area contributed by atoms with Crippen molar-refractivity contribution >= 4 is 44.4 Å². The van der Waals surface area contributed by atoms with E-state index in [0.717, 1.165) is 33.3 Å². The molecule has 0 aliphatic carbocycles. The molecule has 4 aromatic heterocycles. The molecule has 8 nitrogen and oxygen atoms in total. The van der Waals surface area contributed by atoms with Gasteiger partial charge in [-0.15, -0.1) is 0 Å². The Morgan fingerprint density at radius 1 is 0.417 bits per heavy atom. The lowest BCUT2D eigenvalue weighted by Gasteiger charge is -2.02. The Balaban J connectivity index is 1.31. The summed E-state index contributed by atoms with van der Waals surface area (Å²) >= 11 is 0. The standard InChI is InChI=1S/C28H14N4O4/c1-5-15(23-19(9-1)29-13-33-23)17-7-3-11-21-25(17)35-27(31-21)28-32-22-12-4-8-18(26(22)36-28)16-6-2-10-20-24(16)34-14-30-20/h1-14H. The van der Waals surface area contributed by atoms with E-state index in [2.05, 4.69) is 19.9 Å². The van der Waals surface area contributed by atoms with Gasteiger partial charge in [-0.2, -0.15) is 0 Å². The molecule has 0 saturated carbocycles. The summed E-state index contributed by atoms with van der Waals surface area (Å²) in [6.07, 6.45) is 2.88. The van der Waals surface area contributed by atoms with E-state index in [0.29, 0.717) is 45.1 Å². The number of aromatic nitrogens is 4. The smallest absolute Gasteiger partial charge is 0.284 e. The molecule has 0 N–H and O–H groups in total. The van der Waals surface area contributed by atoms with E-state index in [-0.39, 0.29) is 0 Å². The fourth-order valence-electron chi connectivity index (χ4n) is 4.70. The van der Waals surface area contributed by atoms with Crippen molar-refractivity contribution < 1.29 is 17.7 Å². The van der Waals surface area contributed by atoms with Gasteiger partial charge >= 0.3 is 0 Å². The van der Waals surface area contributed by atoms with E-state index in [4.69, 9.17) is 17.7 Å². The summed E-state index contributed by atoms with van der Waals surface area (Å²) < 4.78 is 23.8. The zero-order chi connectivity index (χ0) is 23.6. The van der Waals surface area contributed by atoms with Crippen LogP contribution in [0.25, 0.3) is 78.4 Å². The summed E-state index contributed by atoms with van der Waals surface area (Å²) in [7, 11) is 0. The maximum atomic E-state index is 6.24. The van der Waals surface area contributed by atoms with Gasteiger partial charge in [-0.25, -0.2) is 19.9 Å². The van der Waals surface area contributed by atoms with Crippen molar-refractivity contribution in [3.8, 4) is 34.0 Å². The molecule has 0 bridgehead atoms. The van der Waals surface area contributed by atoms with E-state index in [1.54, 1.807) is 0 Å². The maximum absolute atomic E-state index is 6.24. The molecule has 0 radical (unpaired) electrons. The third-order valence-corrected chi connectivity index (χ3v) is 6.31. The van der Waals surface area contributed by atoms with Crippen LogP contribution in [0.5, 0.6) is 0 Å². The van der Waals surface area contributed by atoms with Crippen LogP contribution in [0.3, 0.4) is 0 Å². The molecular formula is C28H14N4O4. The average Bonchev–Trinajstić information content (AvgIpc) is 3.71. The Hall–Kier alpha value is -5.24. The Bertz CT molecular complexity index is 1930. The first-order valence-electron chi connectivity index (χ1n) is 11.3. The molecule has 0 aliphatic rings. The average molecular weight is 470 g/mol. The first-order valence-corrected chi connectivity index (χ1v) is 11.3. The molecule has 170 valence electrons. The number of para-hydroxylation sites is 4. The summed E-state index contributed by atoms with van der Waals surface area (Å²) in [5.74, 6) is 0.587. The van der Waals surface area contributed by atoms with Crippen molar-refractivity contribution in [2.24, 2.45) is 0 Å². The number of hydrogen-bond donors (Lipinski definition) is 0. The van der Waals surface area contributed by atoms with Gasteiger partial charge < -0.3 is 17.7 Å². The fourth-order valence-corrected chi connectivity index (χ4v) is 4.70. The van der Waals surface area contributed by atoms with Crippen LogP contribution < -0.4 is 0 Å². The molecule has 4 aromatic carbocycles. The first-order chi connectivity index (χ1) is 17.8. The van der Waals surface area contributed by atoms with Crippen LogP contribution in [0.2, 0.25) is 0 Å². The van der Waals surface area contributed by atoms with Crippen molar-refractivity contribution in [3.05, 3.63) is 85.6 Å². The van der Waals surface area contributed by atoms with E-state index in [9.17, 15) is 0 Å². The second-order valence-electron chi connectivity index (χ2n) is 8.36. The van der Waals surface area contributed by atoms with Crippen LogP contribution >= 0.6 is 0 Å². The van der Waals surface area contributed by atoms with Crippen LogP contribution in [0.1, 0.15) is 0 Å². The molecular weight excluding hydrogens is 456 g/mol. The highest BCUT2D eigenvalue weighted by molar-refractivity contribution is 6.01. The Kier molecular flexibility index (Phi) is 3.78. The summed E-state index contributed by atoms with van der Waals surface area (Å²) in [6.45, 7) is 0. The maximum Gasteiger partial charge on any atom is 0.284 e. The van der Waals surface area contributed by atoms with Crippen LogP contribution in [-0.2, 0) is 0 Å². The van der Waals surface area contributed by atoms with E-state index >= 15 is 0 Å². The molecule has 36 heavy (non-hydrogen) atoms. The molecule has 0 saturated heterocycles. The van der Waals surface area contributed by atoms with Crippen molar-refractivity contribution in [1.82, 2.24) is 19.9 Å². The second kappa shape index (κ2) is 7.13. The largest absolute Gasteiger partial charge is 0.443 e. The highest BCUT2D eigenvalue weighted by Gasteiger charge is 2.21. The van der Waals surface area contributed by atoms with E-state index in [1.165, 1.54) is 12.8 Å². The summed E-state index contributed by atoms with van der Waals surface area (Å²) in [5, 5.41) is 0. The van der Waals surface area contributed by atoms with Crippen molar-refractivity contribution in [1.29, 1.82) is 0 Å².